The van der Waals surface area contributed by atoms with Crippen molar-refractivity contribution in [2.24, 2.45) is 0 Å². The van der Waals surface area contributed by atoms with E-state index in [9.17, 15) is 35.9 Å². The van der Waals surface area contributed by atoms with Gasteiger partial charge in [-0.3, -0.25) is 9.59 Å². The summed E-state index contributed by atoms with van der Waals surface area (Å²) in [4.78, 5) is 22.9. The number of ketones is 2. The molecule has 0 bridgehead atoms. The fourth-order valence-corrected chi connectivity index (χ4v) is 4.71. The molecule has 0 atom stereocenters. The molecule has 0 saturated carbocycles. The zero-order valence-electron chi connectivity index (χ0n) is 25.1. The summed E-state index contributed by atoms with van der Waals surface area (Å²) in [5.41, 5.74) is 1.71. The van der Waals surface area contributed by atoms with Gasteiger partial charge in [0.15, 0.2) is 11.6 Å². The second-order valence-corrected chi connectivity index (χ2v) is 11.1. The van der Waals surface area contributed by atoms with Gasteiger partial charge in [0.1, 0.15) is 0 Å². The first-order valence-corrected chi connectivity index (χ1v) is 14.5. The number of carbonyl (C=O) groups is 2. The molecule has 0 aliphatic heterocycles. The average molecular weight is 699 g/mol. The number of hydrogen-bond acceptors (Lipinski definition) is 4. The number of benzene rings is 4. The molecule has 0 radical (unpaired) electrons. The van der Waals surface area contributed by atoms with E-state index in [1.807, 2.05) is 12.1 Å². The molecule has 4 aromatic carbocycles. The van der Waals surface area contributed by atoms with Gasteiger partial charge in [-0.2, -0.15) is 36.9 Å². The van der Waals surface area contributed by atoms with Gasteiger partial charge in [-0.1, -0.05) is 41.1 Å². The van der Waals surface area contributed by atoms with Gasteiger partial charge in [0.2, 0.25) is 0 Å². The molecule has 0 fully saturated rings. The third-order valence-corrected chi connectivity index (χ3v) is 7.36. The first-order chi connectivity index (χ1) is 22.4. The highest BCUT2D eigenvalue weighted by molar-refractivity contribution is 6.32. The SMILES string of the molecule is CC(=O)c1cc(C#N)cc(C#Cc2ccc(C(F)(F)F)cc2Cl)c1.CC(=O)c1cc(C#N)cc(CCc2ccc(C(F)(F)F)cc2Cl)c1. The van der Waals surface area contributed by atoms with Gasteiger partial charge in [-0.25, -0.2) is 0 Å². The van der Waals surface area contributed by atoms with Crippen LogP contribution in [0.2, 0.25) is 10.0 Å². The zero-order valence-corrected chi connectivity index (χ0v) is 26.6. The number of halogens is 8. The number of nitrogens with zero attached hydrogens (tertiary/aromatic N) is 2. The van der Waals surface area contributed by atoms with Crippen molar-refractivity contribution in [1.29, 1.82) is 10.5 Å². The quantitative estimate of drug-likeness (QED) is 0.118. The molecule has 244 valence electrons. The summed E-state index contributed by atoms with van der Waals surface area (Å²) in [6, 6.07) is 19.3. The Labute approximate surface area is 282 Å². The van der Waals surface area contributed by atoms with Crippen LogP contribution in [0.5, 0.6) is 0 Å². The van der Waals surface area contributed by atoms with Crippen molar-refractivity contribution in [3.8, 4) is 24.0 Å². The monoisotopic (exact) mass is 698 g/mol. The number of nitriles is 2. The molecule has 0 N–H and O–H groups in total. The Bertz CT molecular complexity index is 2030. The summed E-state index contributed by atoms with van der Waals surface area (Å²) >= 11 is 11.8. The molecule has 0 spiro atoms. The van der Waals surface area contributed by atoms with Crippen molar-refractivity contribution in [2.75, 3.05) is 0 Å². The largest absolute Gasteiger partial charge is 0.416 e. The van der Waals surface area contributed by atoms with Gasteiger partial charge >= 0.3 is 12.4 Å². The molecule has 0 heterocycles. The zero-order chi connectivity index (χ0) is 35.8. The molecule has 4 rings (SSSR count). The number of alkyl halides is 6. The van der Waals surface area contributed by atoms with Crippen LogP contribution in [0.3, 0.4) is 0 Å². The maximum absolute atomic E-state index is 12.6. The number of hydrogen-bond donors (Lipinski definition) is 0. The summed E-state index contributed by atoms with van der Waals surface area (Å²) in [7, 11) is 0. The summed E-state index contributed by atoms with van der Waals surface area (Å²) in [5, 5.41) is 17.9. The molecule has 0 aliphatic carbocycles. The van der Waals surface area contributed by atoms with E-state index in [4.69, 9.17) is 33.7 Å². The van der Waals surface area contributed by atoms with Crippen molar-refractivity contribution < 1.29 is 35.9 Å². The van der Waals surface area contributed by atoms with Crippen LogP contribution in [0.25, 0.3) is 0 Å². The van der Waals surface area contributed by atoms with E-state index in [1.54, 1.807) is 12.1 Å². The highest BCUT2D eigenvalue weighted by Crippen LogP contribution is 2.33. The summed E-state index contributed by atoms with van der Waals surface area (Å²) in [5.74, 6) is 4.99. The molecular formula is C36H22Cl2F6N2O2. The van der Waals surface area contributed by atoms with Crippen molar-refractivity contribution in [3.63, 3.8) is 0 Å². The molecule has 0 aromatic heterocycles. The molecule has 0 unspecified atom stereocenters. The molecule has 0 aliphatic rings. The predicted molar refractivity (Wildman–Crippen MR) is 169 cm³/mol. The Balaban J connectivity index is 0.000000260. The van der Waals surface area contributed by atoms with Crippen LogP contribution in [0.1, 0.15) is 79.1 Å². The van der Waals surface area contributed by atoms with E-state index in [0.717, 1.165) is 29.8 Å². The standard InChI is InChI=1S/C18H13ClF3NO.C18H9ClF3NO/c2*1-11(24)15-7-12(6-13(8-15)10-23)2-3-14-4-5-16(9-17(14)19)18(20,21)22/h4-9H,2-3H2,1H3;4-9H,1H3. The number of aryl methyl sites for hydroxylation is 2. The normalized spacial score (nSPS) is 10.8. The molecule has 48 heavy (non-hydrogen) atoms. The Kier molecular flexibility index (Phi) is 12.2. The van der Waals surface area contributed by atoms with Gasteiger partial charge < -0.3 is 0 Å². The first kappa shape index (κ1) is 37.4. The number of rotatable bonds is 5. The van der Waals surface area contributed by atoms with Crippen LogP contribution in [0.4, 0.5) is 26.3 Å². The number of Topliss-reactive ketones (excluding diaryl/α,β-unsaturated/α-hetero) is 2. The van der Waals surface area contributed by atoms with E-state index < -0.39 is 23.5 Å². The second kappa shape index (κ2) is 15.7. The minimum Gasteiger partial charge on any atom is -0.295 e. The summed E-state index contributed by atoms with van der Waals surface area (Å²) in [6.45, 7) is 2.77. The summed E-state index contributed by atoms with van der Waals surface area (Å²) in [6.07, 6.45) is -8.04. The van der Waals surface area contributed by atoms with Crippen molar-refractivity contribution in [2.45, 2.75) is 39.0 Å². The first-order valence-electron chi connectivity index (χ1n) is 13.8. The minimum absolute atomic E-state index is 0.0491. The molecule has 12 heteroatoms. The lowest BCUT2D eigenvalue weighted by atomic mass is 9.98. The van der Waals surface area contributed by atoms with Crippen LogP contribution in [0, 0.1) is 34.5 Å². The van der Waals surface area contributed by atoms with E-state index >= 15 is 0 Å². The van der Waals surface area contributed by atoms with Crippen LogP contribution < -0.4 is 0 Å². The lowest BCUT2D eigenvalue weighted by Gasteiger charge is -2.10. The lowest BCUT2D eigenvalue weighted by Crippen LogP contribution is -2.05. The van der Waals surface area contributed by atoms with Crippen LogP contribution in [-0.2, 0) is 25.2 Å². The van der Waals surface area contributed by atoms with Gasteiger partial charge in [-0.05, 0) is 105 Å². The Morgan fingerprint density at radius 2 is 1.12 bits per heavy atom. The third-order valence-electron chi connectivity index (χ3n) is 6.70. The summed E-state index contributed by atoms with van der Waals surface area (Å²) < 4.78 is 75.7. The molecule has 4 nitrogen and oxygen atoms in total. The van der Waals surface area contributed by atoms with Crippen LogP contribution >= 0.6 is 23.2 Å². The van der Waals surface area contributed by atoms with Crippen LogP contribution in [-0.4, -0.2) is 11.6 Å². The van der Waals surface area contributed by atoms with Crippen molar-refractivity contribution in [3.05, 3.63) is 138 Å². The topological polar surface area (TPSA) is 81.7 Å². The molecule has 4 aromatic rings. The van der Waals surface area contributed by atoms with Gasteiger partial charge in [0.25, 0.3) is 0 Å². The smallest absolute Gasteiger partial charge is 0.295 e. The fourth-order valence-electron chi connectivity index (χ4n) is 4.21. The van der Waals surface area contributed by atoms with E-state index in [1.165, 1.54) is 50.2 Å². The van der Waals surface area contributed by atoms with E-state index in [0.29, 0.717) is 40.7 Å². The average Bonchev–Trinajstić information content (AvgIpc) is 3.02. The lowest BCUT2D eigenvalue weighted by molar-refractivity contribution is -0.138. The maximum Gasteiger partial charge on any atom is 0.416 e. The van der Waals surface area contributed by atoms with Gasteiger partial charge in [0.05, 0.1) is 39.4 Å². The molecule has 0 amide bonds. The minimum atomic E-state index is -4.48. The van der Waals surface area contributed by atoms with Crippen molar-refractivity contribution in [1.82, 2.24) is 0 Å². The Morgan fingerprint density at radius 3 is 1.62 bits per heavy atom. The van der Waals surface area contributed by atoms with Gasteiger partial charge in [0, 0.05) is 27.3 Å². The second-order valence-electron chi connectivity index (χ2n) is 10.3. The van der Waals surface area contributed by atoms with Crippen molar-refractivity contribution >= 4 is 34.8 Å². The van der Waals surface area contributed by atoms with E-state index in [2.05, 4.69) is 11.8 Å². The molecule has 0 saturated heterocycles. The third kappa shape index (κ3) is 10.5. The Morgan fingerprint density at radius 1 is 0.625 bits per heavy atom. The maximum atomic E-state index is 12.6. The Hall–Kier alpha value is -5.08. The molecular weight excluding hydrogens is 677 g/mol. The fraction of sp³-hybridized carbons (Fsp3) is 0.167. The number of carbonyl (C=O) groups excluding carboxylic acids is 2. The highest BCUT2D eigenvalue weighted by Gasteiger charge is 2.31. The van der Waals surface area contributed by atoms with Crippen LogP contribution in [0.15, 0.2) is 72.8 Å². The highest BCUT2D eigenvalue weighted by atomic mass is 35.5. The predicted octanol–water partition coefficient (Wildman–Crippen LogP) is 10.1. The van der Waals surface area contributed by atoms with Gasteiger partial charge in [-0.15, -0.1) is 0 Å². The van der Waals surface area contributed by atoms with E-state index in [-0.39, 0.29) is 32.7 Å².